The van der Waals surface area contributed by atoms with Crippen LogP contribution in [0.3, 0.4) is 0 Å². The van der Waals surface area contributed by atoms with Crippen molar-refractivity contribution in [3.63, 3.8) is 0 Å². The molecule has 0 aromatic heterocycles. The van der Waals surface area contributed by atoms with Gasteiger partial charge >= 0.3 is 0 Å². The maximum Gasteiger partial charge on any atom is 0.222 e. The average Bonchev–Trinajstić information content (AvgIpc) is 2.37. The number of benzene rings is 1. The molecule has 17 heavy (non-hydrogen) atoms. The minimum absolute atomic E-state index is 0.477. The maximum absolute atomic E-state index is 5.34. The summed E-state index contributed by atoms with van der Waals surface area (Å²) in [7, 11) is 1.63. The van der Waals surface area contributed by atoms with Crippen molar-refractivity contribution in [2.45, 2.75) is 20.1 Å². The summed E-state index contributed by atoms with van der Waals surface area (Å²) < 4.78 is 15.9. The number of hydrogen-bond acceptors (Lipinski definition) is 3. The van der Waals surface area contributed by atoms with Crippen LogP contribution in [0.25, 0.3) is 0 Å². The molecule has 0 bridgehead atoms. The maximum atomic E-state index is 5.34. The number of methoxy groups -OCH3 is 1. The van der Waals surface area contributed by atoms with E-state index in [0.717, 1.165) is 11.3 Å². The molecule has 0 radical (unpaired) electrons. The van der Waals surface area contributed by atoms with E-state index in [2.05, 4.69) is 11.8 Å². The fraction of sp³-hybridized carbons (Fsp3) is 0.429. The number of para-hydroxylation sites is 1. The molecule has 3 heteroatoms. The van der Waals surface area contributed by atoms with Gasteiger partial charge in [0.05, 0.1) is 12.7 Å². The fourth-order valence-corrected chi connectivity index (χ4v) is 1.32. The first-order valence-electron chi connectivity index (χ1n) is 5.69. The van der Waals surface area contributed by atoms with E-state index in [4.69, 9.17) is 14.2 Å². The Morgan fingerprint density at radius 3 is 2.35 bits per heavy atom. The molecule has 0 N–H and O–H groups in total. The van der Waals surface area contributed by atoms with Gasteiger partial charge in [0, 0.05) is 13.2 Å². The van der Waals surface area contributed by atoms with E-state index < -0.39 is 6.29 Å². The van der Waals surface area contributed by atoms with Gasteiger partial charge in [-0.25, -0.2) is 0 Å². The van der Waals surface area contributed by atoms with Gasteiger partial charge in [-0.05, 0) is 31.9 Å². The lowest BCUT2D eigenvalue weighted by Crippen LogP contribution is -2.14. The summed E-state index contributed by atoms with van der Waals surface area (Å²) >= 11 is 0. The van der Waals surface area contributed by atoms with Crippen LogP contribution in [0.4, 0.5) is 0 Å². The third kappa shape index (κ3) is 4.48. The van der Waals surface area contributed by atoms with Crippen LogP contribution in [-0.2, 0) is 9.47 Å². The normalized spacial score (nSPS) is 9.88. The predicted octanol–water partition coefficient (Wildman–Crippen LogP) is 2.45. The monoisotopic (exact) mass is 234 g/mol. The molecule has 0 heterocycles. The quantitative estimate of drug-likeness (QED) is 0.578. The molecule has 0 unspecified atom stereocenters. The lowest BCUT2D eigenvalue weighted by Gasteiger charge is -2.09. The Kier molecular flexibility index (Phi) is 6.16. The smallest absolute Gasteiger partial charge is 0.222 e. The van der Waals surface area contributed by atoms with Gasteiger partial charge < -0.3 is 14.2 Å². The second-order valence-electron chi connectivity index (χ2n) is 3.21. The van der Waals surface area contributed by atoms with E-state index in [-0.39, 0.29) is 0 Å². The third-order valence-electron chi connectivity index (χ3n) is 2.07. The minimum atomic E-state index is -0.477. The Morgan fingerprint density at radius 1 is 1.12 bits per heavy atom. The van der Waals surface area contributed by atoms with Gasteiger partial charge in [-0.15, -0.1) is 0 Å². The number of hydrogen-bond donors (Lipinski definition) is 0. The van der Waals surface area contributed by atoms with Gasteiger partial charge in [-0.2, -0.15) is 0 Å². The molecule has 1 aromatic rings. The van der Waals surface area contributed by atoms with Gasteiger partial charge in [0.2, 0.25) is 6.29 Å². The Morgan fingerprint density at radius 2 is 1.76 bits per heavy atom. The standard InChI is InChI=1S/C14H18O3/c1-4-16-14(17-5-2)11-10-12-8-6-7-9-13(12)15-3/h6-9,14H,4-5H2,1-3H3. The lowest BCUT2D eigenvalue weighted by atomic mass is 10.2. The van der Waals surface area contributed by atoms with E-state index in [0.29, 0.717) is 13.2 Å². The van der Waals surface area contributed by atoms with Crippen LogP contribution in [0.5, 0.6) is 5.75 Å². The second-order valence-corrected chi connectivity index (χ2v) is 3.21. The zero-order valence-electron chi connectivity index (χ0n) is 10.5. The summed E-state index contributed by atoms with van der Waals surface area (Å²) in [5.41, 5.74) is 0.833. The molecule has 0 fully saturated rings. The first-order valence-corrected chi connectivity index (χ1v) is 5.69. The van der Waals surface area contributed by atoms with E-state index in [1.165, 1.54) is 0 Å². The molecule has 92 valence electrons. The molecule has 0 spiro atoms. The Hall–Kier alpha value is -1.50. The summed E-state index contributed by atoms with van der Waals surface area (Å²) in [6.45, 7) is 4.98. The SMILES string of the molecule is CCOC(C#Cc1ccccc1OC)OCC. The molecule has 0 amide bonds. The van der Waals surface area contributed by atoms with Crippen LogP contribution in [0.15, 0.2) is 24.3 Å². The summed E-state index contributed by atoms with van der Waals surface area (Å²) in [6, 6.07) is 7.61. The molecular formula is C14H18O3. The summed E-state index contributed by atoms with van der Waals surface area (Å²) in [6.07, 6.45) is -0.477. The predicted molar refractivity (Wildman–Crippen MR) is 66.9 cm³/mol. The topological polar surface area (TPSA) is 27.7 Å². The molecule has 0 saturated carbocycles. The van der Waals surface area contributed by atoms with Gasteiger partial charge in [0.25, 0.3) is 0 Å². The van der Waals surface area contributed by atoms with Crippen molar-refractivity contribution in [3.8, 4) is 17.6 Å². The highest BCUT2D eigenvalue weighted by Gasteiger charge is 2.03. The van der Waals surface area contributed by atoms with Crippen molar-refractivity contribution >= 4 is 0 Å². The highest BCUT2D eigenvalue weighted by Crippen LogP contribution is 2.15. The Labute approximate surface area is 103 Å². The number of rotatable bonds is 5. The molecule has 1 aromatic carbocycles. The van der Waals surface area contributed by atoms with Crippen LogP contribution in [0.1, 0.15) is 19.4 Å². The Bertz CT molecular complexity index is 384. The Balaban J connectivity index is 2.80. The molecular weight excluding hydrogens is 216 g/mol. The molecule has 0 atom stereocenters. The fourth-order valence-electron chi connectivity index (χ4n) is 1.32. The van der Waals surface area contributed by atoms with Gasteiger partial charge in [0.15, 0.2) is 0 Å². The van der Waals surface area contributed by atoms with Gasteiger partial charge in [-0.1, -0.05) is 18.1 Å². The molecule has 3 nitrogen and oxygen atoms in total. The van der Waals surface area contributed by atoms with Crippen molar-refractivity contribution in [2.24, 2.45) is 0 Å². The van der Waals surface area contributed by atoms with E-state index >= 15 is 0 Å². The summed E-state index contributed by atoms with van der Waals surface area (Å²) in [5, 5.41) is 0. The van der Waals surface area contributed by atoms with Crippen molar-refractivity contribution in [1.29, 1.82) is 0 Å². The van der Waals surface area contributed by atoms with E-state index in [9.17, 15) is 0 Å². The highest BCUT2D eigenvalue weighted by molar-refractivity contribution is 5.45. The van der Waals surface area contributed by atoms with Crippen molar-refractivity contribution in [3.05, 3.63) is 29.8 Å². The van der Waals surface area contributed by atoms with Crippen molar-refractivity contribution < 1.29 is 14.2 Å². The lowest BCUT2D eigenvalue weighted by molar-refractivity contribution is -0.0969. The van der Waals surface area contributed by atoms with Crippen LogP contribution in [0.2, 0.25) is 0 Å². The zero-order chi connectivity index (χ0) is 12.5. The molecule has 0 saturated heterocycles. The summed E-state index contributed by atoms with van der Waals surface area (Å²) in [4.78, 5) is 0. The molecule has 0 aliphatic heterocycles. The van der Waals surface area contributed by atoms with E-state index in [1.807, 2.05) is 38.1 Å². The average molecular weight is 234 g/mol. The van der Waals surface area contributed by atoms with Crippen molar-refractivity contribution in [2.75, 3.05) is 20.3 Å². The van der Waals surface area contributed by atoms with E-state index in [1.54, 1.807) is 7.11 Å². The minimum Gasteiger partial charge on any atom is -0.495 e. The molecule has 0 aliphatic carbocycles. The largest absolute Gasteiger partial charge is 0.495 e. The van der Waals surface area contributed by atoms with Crippen LogP contribution < -0.4 is 4.74 Å². The first-order chi connectivity index (χ1) is 8.31. The van der Waals surface area contributed by atoms with Crippen molar-refractivity contribution in [1.82, 2.24) is 0 Å². The summed E-state index contributed by atoms with van der Waals surface area (Å²) in [5.74, 6) is 6.70. The second kappa shape index (κ2) is 7.72. The van der Waals surface area contributed by atoms with Gasteiger partial charge in [0.1, 0.15) is 5.75 Å². The molecule has 0 aliphatic rings. The zero-order valence-corrected chi connectivity index (χ0v) is 10.5. The molecule has 1 rings (SSSR count). The van der Waals surface area contributed by atoms with Crippen LogP contribution in [-0.4, -0.2) is 26.6 Å². The highest BCUT2D eigenvalue weighted by atomic mass is 16.7. The van der Waals surface area contributed by atoms with Crippen LogP contribution >= 0.6 is 0 Å². The third-order valence-corrected chi connectivity index (χ3v) is 2.07. The van der Waals surface area contributed by atoms with Gasteiger partial charge in [-0.3, -0.25) is 0 Å². The number of ether oxygens (including phenoxy) is 3. The first kappa shape index (κ1) is 13.6. The van der Waals surface area contributed by atoms with Crippen LogP contribution in [0, 0.1) is 11.8 Å².